The van der Waals surface area contributed by atoms with Crippen molar-refractivity contribution < 1.29 is 9.47 Å². The van der Waals surface area contributed by atoms with E-state index in [1.807, 2.05) is 0 Å². The van der Waals surface area contributed by atoms with E-state index < -0.39 is 0 Å². The Morgan fingerprint density at radius 1 is 1.56 bits per heavy atom. The van der Waals surface area contributed by atoms with Gasteiger partial charge in [-0.25, -0.2) is 0 Å². The highest BCUT2D eigenvalue weighted by atomic mass is 16.5. The van der Waals surface area contributed by atoms with E-state index in [4.69, 9.17) is 15.2 Å². The smallest absolute Gasteiger partial charge is 0.0613 e. The molecule has 0 aromatic carbocycles. The minimum Gasteiger partial charge on any atom is -0.385 e. The number of nitrogens with two attached hydrogens (primary N) is 1. The molecule has 0 aromatic heterocycles. The second-order valence-electron chi connectivity index (χ2n) is 4.57. The Bertz CT molecular complexity index is 178. The molecule has 0 bridgehead atoms. The average molecular weight is 230 g/mol. The molecule has 0 aliphatic carbocycles. The lowest BCUT2D eigenvalue weighted by Crippen LogP contribution is -2.38. The van der Waals surface area contributed by atoms with E-state index in [2.05, 4.69) is 12.2 Å². The van der Waals surface area contributed by atoms with Crippen LogP contribution in [0.1, 0.15) is 26.2 Å². The molecule has 4 nitrogen and oxygen atoms in total. The summed E-state index contributed by atoms with van der Waals surface area (Å²) in [7, 11) is 1.71. The van der Waals surface area contributed by atoms with Gasteiger partial charge in [-0.2, -0.15) is 0 Å². The monoisotopic (exact) mass is 230 g/mol. The van der Waals surface area contributed by atoms with Crippen molar-refractivity contribution in [1.82, 2.24) is 5.32 Å². The minimum atomic E-state index is 0.197. The summed E-state index contributed by atoms with van der Waals surface area (Å²) in [6, 6.07) is 0.197. The highest BCUT2D eigenvalue weighted by Gasteiger charge is 2.26. The van der Waals surface area contributed by atoms with Crippen LogP contribution in [-0.2, 0) is 9.47 Å². The van der Waals surface area contributed by atoms with Crippen molar-refractivity contribution in [1.29, 1.82) is 0 Å². The molecule has 16 heavy (non-hydrogen) atoms. The Labute approximate surface area is 98.9 Å². The summed E-state index contributed by atoms with van der Waals surface area (Å²) in [6.07, 6.45) is 3.66. The molecular formula is C12H26N2O2. The van der Waals surface area contributed by atoms with E-state index in [0.717, 1.165) is 39.1 Å². The standard InChI is InChI=1S/C12H26N2O2/c1-3-12-10(4-7-16-12)8-14-9-11(13)5-6-15-2/h10-12,14H,3-9,13H2,1-2H3. The maximum Gasteiger partial charge on any atom is 0.0613 e. The van der Waals surface area contributed by atoms with Crippen molar-refractivity contribution in [3.63, 3.8) is 0 Å². The lowest BCUT2D eigenvalue weighted by molar-refractivity contribution is 0.0871. The van der Waals surface area contributed by atoms with Crippen LogP contribution in [0.3, 0.4) is 0 Å². The van der Waals surface area contributed by atoms with Gasteiger partial charge in [-0.1, -0.05) is 6.92 Å². The Balaban J connectivity index is 2.05. The van der Waals surface area contributed by atoms with Crippen molar-refractivity contribution >= 4 is 0 Å². The second kappa shape index (κ2) is 8.01. The zero-order valence-electron chi connectivity index (χ0n) is 10.6. The zero-order valence-corrected chi connectivity index (χ0v) is 10.6. The van der Waals surface area contributed by atoms with Crippen LogP contribution in [0, 0.1) is 5.92 Å². The summed E-state index contributed by atoms with van der Waals surface area (Å²) in [4.78, 5) is 0. The highest BCUT2D eigenvalue weighted by Crippen LogP contribution is 2.22. The van der Waals surface area contributed by atoms with E-state index in [-0.39, 0.29) is 6.04 Å². The molecule has 3 unspecified atom stereocenters. The van der Waals surface area contributed by atoms with E-state index >= 15 is 0 Å². The maximum absolute atomic E-state index is 5.94. The number of hydrogen-bond donors (Lipinski definition) is 2. The molecule has 0 amide bonds. The molecule has 3 N–H and O–H groups in total. The van der Waals surface area contributed by atoms with Gasteiger partial charge in [-0.05, 0) is 25.2 Å². The summed E-state index contributed by atoms with van der Waals surface area (Å²) >= 11 is 0. The fourth-order valence-electron chi connectivity index (χ4n) is 2.20. The molecule has 0 spiro atoms. The predicted octanol–water partition coefficient (Wildman–Crippen LogP) is 0.755. The maximum atomic E-state index is 5.94. The fraction of sp³-hybridized carbons (Fsp3) is 1.00. The van der Waals surface area contributed by atoms with Crippen molar-refractivity contribution in [2.24, 2.45) is 11.7 Å². The Kier molecular flexibility index (Phi) is 6.96. The highest BCUT2D eigenvalue weighted by molar-refractivity contribution is 4.77. The van der Waals surface area contributed by atoms with Gasteiger partial charge in [0.05, 0.1) is 6.10 Å². The van der Waals surface area contributed by atoms with Crippen molar-refractivity contribution in [3.8, 4) is 0 Å². The third kappa shape index (κ3) is 4.78. The molecule has 0 radical (unpaired) electrons. The van der Waals surface area contributed by atoms with Crippen molar-refractivity contribution in [2.45, 2.75) is 38.3 Å². The van der Waals surface area contributed by atoms with Crippen LogP contribution in [0.5, 0.6) is 0 Å². The SMILES string of the molecule is CCC1OCCC1CNCC(N)CCOC. The minimum absolute atomic E-state index is 0.197. The molecule has 3 atom stereocenters. The van der Waals surface area contributed by atoms with E-state index in [1.54, 1.807) is 7.11 Å². The first kappa shape index (κ1) is 13.9. The van der Waals surface area contributed by atoms with Gasteiger partial charge in [0.25, 0.3) is 0 Å². The van der Waals surface area contributed by atoms with Gasteiger partial charge in [-0.15, -0.1) is 0 Å². The van der Waals surface area contributed by atoms with Gasteiger partial charge in [-0.3, -0.25) is 0 Å². The lowest BCUT2D eigenvalue weighted by atomic mass is 9.99. The van der Waals surface area contributed by atoms with Gasteiger partial charge in [0.1, 0.15) is 0 Å². The molecule has 96 valence electrons. The summed E-state index contributed by atoms with van der Waals surface area (Å²) in [5, 5.41) is 3.44. The number of nitrogens with one attached hydrogen (secondary N) is 1. The number of methoxy groups -OCH3 is 1. The molecule has 1 saturated heterocycles. The third-order valence-corrected chi connectivity index (χ3v) is 3.25. The van der Waals surface area contributed by atoms with Crippen LogP contribution < -0.4 is 11.1 Å². The molecule has 1 aliphatic heterocycles. The van der Waals surface area contributed by atoms with Gasteiger partial charge in [0.15, 0.2) is 0 Å². The van der Waals surface area contributed by atoms with Gasteiger partial charge in [0, 0.05) is 39.5 Å². The molecule has 1 aliphatic rings. The van der Waals surface area contributed by atoms with Crippen LogP contribution >= 0.6 is 0 Å². The van der Waals surface area contributed by atoms with Crippen molar-refractivity contribution in [3.05, 3.63) is 0 Å². The van der Waals surface area contributed by atoms with Crippen LogP contribution in [0.25, 0.3) is 0 Å². The van der Waals surface area contributed by atoms with Gasteiger partial charge < -0.3 is 20.5 Å². The number of hydrogen-bond acceptors (Lipinski definition) is 4. The summed E-state index contributed by atoms with van der Waals surface area (Å²) < 4.78 is 10.6. The second-order valence-corrected chi connectivity index (χ2v) is 4.57. The van der Waals surface area contributed by atoms with Crippen LogP contribution in [-0.4, -0.2) is 45.6 Å². The van der Waals surface area contributed by atoms with Crippen LogP contribution in [0.4, 0.5) is 0 Å². The predicted molar refractivity (Wildman–Crippen MR) is 65.5 cm³/mol. The zero-order chi connectivity index (χ0) is 11.8. The summed E-state index contributed by atoms with van der Waals surface area (Å²) in [6.45, 7) is 5.75. The summed E-state index contributed by atoms with van der Waals surface area (Å²) in [5.41, 5.74) is 5.94. The quantitative estimate of drug-likeness (QED) is 0.646. The normalized spacial score (nSPS) is 27.2. The van der Waals surface area contributed by atoms with E-state index in [9.17, 15) is 0 Å². The van der Waals surface area contributed by atoms with Gasteiger partial charge >= 0.3 is 0 Å². The van der Waals surface area contributed by atoms with E-state index in [0.29, 0.717) is 12.0 Å². The number of ether oxygens (including phenoxy) is 2. The lowest BCUT2D eigenvalue weighted by Gasteiger charge is -2.19. The molecular weight excluding hydrogens is 204 g/mol. The number of rotatable bonds is 8. The molecule has 4 heteroatoms. The molecule has 1 fully saturated rings. The average Bonchev–Trinajstić information content (AvgIpc) is 2.74. The van der Waals surface area contributed by atoms with Crippen LogP contribution in [0.15, 0.2) is 0 Å². The molecule has 1 heterocycles. The Morgan fingerprint density at radius 2 is 2.38 bits per heavy atom. The fourth-order valence-corrected chi connectivity index (χ4v) is 2.20. The first-order valence-electron chi connectivity index (χ1n) is 6.34. The van der Waals surface area contributed by atoms with E-state index in [1.165, 1.54) is 6.42 Å². The van der Waals surface area contributed by atoms with Crippen LogP contribution in [0.2, 0.25) is 0 Å². The first-order valence-corrected chi connectivity index (χ1v) is 6.34. The van der Waals surface area contributed by atoms with Crippen molar-refractivity contribution in [2.75, 3.05) is 33.4 Å². The first-order chi connectivity index (χ1) is 7.77. The molecule has 1 rings (SSSR count). The van der Waals surface area contributed by atoms with Gasteiger partial charge in [0.2, 0.25) is 0 Å². The molecule has 0 aromatic rings. The Morgan fingerprint density at radius 3 is 3.06 bits per heavy atom. The Hall–Kier alpha value is -0.160. The summed E-state index contributed by atoms with van der Waals surface area (Å²) in [5.74, 6) is 0.666. The topological polar surface area (TPSA) is 56.5 Å². The largest absolute Gasteiger partial charge is 0.385 e. The molecule has 0 saturated carbocycles. The third-order valence-electron chi connectivity index (χ3n) is 3.25.